The lowest BCUT2D eigenvalue weighted by Crippen LogP contribution is -2.62. The van der Waals surface area contributed by atoms with Crippen LogP contribution in [0.15, 0.2) is 23.8 Å². The summed E-state index contributed by atoms with van der Waals surface area (Å²) in [5.74, 6) is 0.882. The maximum absolute atomic E-state index is 12.4. The minimum absolute atomic E-state index is 0.0335. The molecule has 118 valence electrons. The van der Waals surface area contributed by atoms with Gasteiger partial charge in [0.2, 0.25) is 0 Å². The number of ketones is 2. The SMILES string of the molecule is C[C@]12C=CC(=O)C=C1CCC1[C@@H]3CCC(=O)[C@@]3(C)CC[C@@]12O. The van der Waals surface area contributed by atoms with Gasteiger partial charge >= 0.3 is 0 Å². The monoisotopic (exact) mass is 300 g/mol. The summed E-state index contributed by atoms with van der Waals surface area (Å²) in [6.07, 6.45) is 10.0. The van der Waals surface area contributed by atoms with Crippen molar-refractivity contribution in [2.75, 3.05) is 0 Å². The van der Waals surface area contributed by atoms with Gasteiger partial charge in [-0.1, -0.05) is 18.6 Å². The average molecular weight is 300 g/mol. The first kappa shape index (κ1) is 14.4. The molecule has 0 heterocycles. The summed E-state index contributed by atoms with van der Waals surface area (Å²) >= 11 is 0. The molecule has 3 fully saturated rings. The lowest BCUT2D eigenvalue weighted by Gasteiger charge is -2.60. The Morgan fingerprint density at radius 2 is 1.82 bits per heavy atom. The quantitative estimate of drug-likeness (QED) is 0.748. The van der Waals surface area contributed by atoms with Crippen LogP contribution in [0.3, 0.4) is 0 Å². The Bertz CT molecular complexity index is 631. The Kier molecular flexibility index (Phi) is 2.74. The fourth-order valence-electron chi connectivity index (χ4n) is 5.91. The van der Waals surface area contributed by atoms with Crippen molar-refractivity contribution in [3.63, 3.8) is 0 Å². The standard InChI is InChI=1S/C19H24O3/c1-17-9-10-19(22)15(14(17)5-6-16(17)21)4-3-12-11-13(20)7-8-18(12,19)2/h7-8,11,14-15,22H,3-6,9-10H2,1-2H3/t14-,15?,17-,18-,19+/m0/s1. The van der Waals surface area contributed by atoms with Crippen LogP contribution in [0.2, 0.25) is 0 Å². The highest BCUT2D eigenvalue weighted by molar-refractivity contribution is 6.01. The van der Waals surface area contributed by atoms with E-state index in [1.54, 1.807) is 12.2 Å². The molecule has 0 spiro atoms. The molecule has 0 aromatic rings. The number of hydrogen-bond acceptors (Lipinski definition) is 3. The van der Waals surface area contributed by atoms with Crippen LogP contribution >= 0.6 is 0 Å². The summed E-state index contributed by atoms with van der Waals surface area (Å²) in [6, 6.07) is 0. The Labute approximate surface area is 131 Å². The summed E-state index contributed by atoms with van der Waals surface area (Å²) < 4.78 is 0. The molecular formula is C19H24O3. The molecule has 3 heteroatoms. The van der Waals surface area contributed by atoms with Crippen molar-refractivity contribution in [1.82, 2.24) is 0 Å². The van der Waals surface area contributed by atoms with E-state index in [0.717, 1.165) is 31.3 Å². The van der Waals surface area contributed by atoms with E-state index in [4.69, 9.17) is 0 Å². The predicted octanol–water partition coefficient (Wildman–Crippen LogP) is 2.98. The number of aliphatic hydroxyl groups is 1. The Morgan fingerprint density at radius 3 is 2.59 bits per heavy atom. The molecule has 1 N–H and O–H groups in total. The van der Waals surface area contributed by atoms with Crippen LogP contribution < -0.4 is 0 Å². The molecule has 0 amide bonds. The maximum atomic E-state index is 12.4. The third kappa shape index (κ3) is 1.51. The first-order valence-corrected chi connectivity index (χ1v) is 8.51. The van der Waals surface area contributed by atoms with Crippen LogP contribution in [0.1, 0.15) is 52.4 Å². The highest BCUT2D eigenvalue weighted by Gasteiger charge is 2.65. The van der Waals surface area contributed by atoms with Crippen LogP contribution in [0, 0.1) is 22.7 Å². The van der Waals surface area contributed by atoms with Gasteiger partial charge in [0, 0.05) is 17.3 Å². The molecule has 0 aromatic heterocycles. The third-order valence-electron chi connectivity index (χ3n) is 7.45. The van der Waals surface area contributed by atoms with Gasteiger partial charge in [-0.3, -0.25) is 9.59 Å². The van der Waals surface area contributed by atoms with Gasteiger partial charge in [-0.05, 0) is 63.0 Å². The van der Waals surface area contributed by atoms with Crippen LogP contribution in [0.25, 0.3) is 0 Å². The molecule has 1 unspecified atom stereocenters. The molecule has 0 bridgehead atoms. The van der Waals surface area contributed by atoms with E-state index in [1.165, 1.54) is 0 Å². The van der Waals surface area contributed by atoms with Crippen LogP contribution in [-0.4, -0.2) is 22.3 Å². The number of allylic oxidation sites excluding steroid dienone is 2. The second-order valence-corrected chi connectivity index (χ2v) is 8.16. The lowest BCUT2D eigenvalue weighted by atomic mass is 9.46. The molecule has 22 heavy (non-hydrogen) atoms. The van der Waals surface area contributed by atoms with E-state index in [9.17, 15) is 14.7 Å². The molecule has 3 saturated carbocycles. The van der Waals surface area contributed by atoms with Gasteiger partial charge in [0.1, 0.15) is 5.78 Å². The first-order chi connectivity index (χ1) is 10.3. The summed E-state index contributed by atoms with van der Waals surface area (Å²) in [4.78, 5) is 24.1. The second kappa shape index (κ2) is 4.19. The smallest absolute Gasteiger partial charge is 0.178 e. The van der Waals surface area contributed by atoms with Crippen molar-refractivity contribution >= 4 is 11.6 Å². The van der Waals surface area contributed by atoms with Gasteiger partial charge < -0.3 is 5.11 Å². The molecule has 4 rings (SSSR count). The zero-order chi connectivity index (χ0) is 15.8. The molecule has 0 aliphatic heterocycles. The molecule has 4 aliphatic rings. The predicted molar refractivity (Wildman–Crippen MR) is 83.1 cm³/mol. The molecule has 0 aromatic carbocycles. The van der Waals surface area contributed by atoms with E-state index in [2.05, 4.69) is 13.8 Å². The molecule has 5 atom stereocenters. The fraction of sp³-hybridized carbons (Fsp3) is 0.684. The number of Topliss-reactive ketones (excluding diaryl/α,β-unsaturated/α-hetero) is 1. The molecule has 3 nitrogen and oxygen atoms in total. The van der Waals surface area contributed by atoms with Crippen molar-refractivity contribution in [3.05, 3.63) is 23.8 Å². The summed E-state index contributed by atoms with van der Waals surface area (Å²) in [6.45, 7) is 4.19. The van der Waals surface area contributed by atoms with Crippen LogP contribution in [-0.2, 0) is 9.59 Å². The zero-order valence-corrected chi connectivity index (χ0v) is 13.4. The van der Waals surface area contributed by atoms with Crippen molar-refractivity contribution in [3.8, 4) is 0 Å². The van der Waals surface area contributed by atoms with E-state index >= 15 is 0 Å². The normalized spacial score (nSPS) is 50.2. The maximum Gasteiger partial charge on any atom is 0.178 e. The first-order valence-electron chi connectivity index (χ1n) is 8.51. The van der Waals surface area contributed by atoms with Crippen molar-refractivity contribution < 1.29 is 14.7 Å². The molecule has 4 aliphatic carbocycles. The van der Waals surface area contributed by atoms with E-state index < -0.39 is 11.0 Å². The highest BCUT2D eigenvalue weighted by atomic mass is 16.3. The average Bonchev–Trinajstić information content (AvgIpc) is 2.77. The van der Waals surface area contributed by atoms with E-state index in [0.29, 0.717) is 24.5 Å². The minimum atomic E-state index is -0.816. The highest BCUT2D eigenvalue weighted by Crippen LogP contribution is 2.65. The van der Waals surface area contributed by atoms with Gasteiger partial charge in [0.25, 0.3) is 0 Å². The fourth-order valence-corrected chi connectivity index (χ4v) is 5.91. The van der Waals surface area contributed by atoms with Crippen LogP contribution in [0.4, 0.5) is 0 Å². The molecule has 0 radical (unpaired) electrons. The Morgan fingerprint density at radius 1 is 1.09 bits per heavy atom. The summed E-state index contributed by atoms with van der Waals surface area (Å²) in [5, 5.41) is 11.7. The number of hydrogen-bond donors (Lipinski definition) is 1. The van der Waals surface area contributed by atoms with Gasteiger partial charge in [0.15, 0.2) is 5.78 Å². The second-order valence-electron chi connectivity index (χ2n) is 8.16. The van der Waals surface area contributed by atoms with E-state index in [-0.39, 0.29) is 17.1 Å². The van der Waals surface area contributed by atoms with Crippen molar-refractivity contribution in [1.29, 1.82) is 0 Å². The van der Waals surface area contributed by atoms with Gasteiger partial charge in [0.05, 0.1) is 5.60 Å². The third-order valence-corrected chi connectivity index (χ3v) is 7.45. The minimum Gasteiger partial charge on any atom is -0.388 e. The largest absolute Gasteiger partial charge is 0.388 e. The molecule has 0 saturated heterocycles. The van der Waals surface area contributed by atoms with Crippen molar-refractivity contribution in [2.45, 2.75) is 58.0 Å². The van der Waals surface area contributed by atoms with Crippen LogP contribution in [0.5, 0.6) is 0 Å². The number of carbonyl (C=O) groups excluding carboxylic acids is 2. The number of rotatable bonds is 0. The van der Waals surface area contributed by atoms with Gasteiger partial charge in [-0.2, -0.15) is 0 Å². The molecular weight excluding hydrogens is 276 g/mol. The summed E-state index contributed by atoms with van der Waals surface area (Å²) in [7, 11) is 0. The van der Waals surface area contributed by atoms with Gasteiger partial charge in [-0.25, -0.2) is 0 Å². The Balaban J connectivity index is 1.79. The lowest BCUT2D eigenvalue weighted by molar-refractivity contribution is -0.173. The number of fused-ring (bicyclic) bond motifs is 5. The van der Waals surface area contributed by atoms with Gasteiger partial charge in [-0.15, -0.1) is 0 Å². The topological polar surface area (TPSA) is 54.4 Å². The summed E-state index contributed by atoms with van der Waals surface area (Å²) in [5.41, 5.74) is -0.422. The van der Waals surface area contributed by atoms with Crippen molar-refractivity contribution in [2.24, 2.45) is 22.7 Å². The Hall–Kier alpha value is -1.22. The number of carbonyl (C=O) groups is 2. The zero-order valence-electron chi connectivity index (χ0n) is 13.4. The van der Waals surface area contributed by atoms with E-state index in [1.807, 2.05) is 6.08 Å².